The van der Waals surface area contributed by atoms with E-state index in [2.05, 4.69) is 14.5 Å². The van der Waals surface area contributed by atoms with Crippen LogP contribution in [0.5, 0.6) is 5.75 Å². The van der Waals surface area contributed by atoms with E-state index in [0.717, 1.165) is 13.3 Å². The second-order valence-electron chi connectivity index (χ2n) is 3.30. The van der Waals surface area contributed by atoms with Crippen LogP contribution in [-0.4, -0.2) is 29.3 Å². The topological polar surface area (TPSA) is 91.6 Å². The Kier molecular flexibility index (Phi) is 5.08. The van der Waals surface area contributed by atoms with Gasteiger partial charge in [-0.1, -0.05) is 0 Å². The van der Waals surface area contributed by atoms with Gasteiger partial charge in [0.15, 0.2) is 5.75 Å². The Morgan fingerprint density at radius 1 is 1.55 bits per heavy atom. The maximum atomic E-state index is 12.3. The van der Waals surface area contributed by atoms with Gasteiger partial charge in [0.2, 0.25) is 0 Å². The second kappa shape index (κ2) is 6.19. The molecule has 1 rings (SSSR count). The molecule has 1 aromatic rings. The standard InChI is InChI=1S/C9H6F3IN2O5/c1-19-6(16)2-4-5(15(17)18)3-14-8(13)7(4)20-9(10,11)12/h3H,2H2,1H3. The fraction of sp³-hybridized carbons (Fsp3) is 0.333. The molecule has 110 valence electrons. The lowest BCUT2D eigenvalue weighted by Crippen LogP contribution is -2.21. The number of halogens is 4. The van der Waals surface area contributed by atoms with Gasteiger partial charge in [0, 0.05) is 0 Å². The third-order valence-electron chi connectivity index (χ3n) is 2.03. The molecule has 0 radical (unpaired) electrons. The molecule has 0 spiro atoms. The van der Waals surface area contributed by atoms with Crippen LogP contribution in [0.1, 0.15) is 5.56 Å². The molecule has 0 bridgehead atoms. The summed E-state index contributed by atoms with van der Waals surface area (Å²) in [5.74, 6) is -1.82. The summed E-state index contributed by atoms with van der Waals surface area (Å²) in [6, 6.07) is 0. The van der Waals surface area contributed by atoms with E-state index in [-0.39, 0.29) is 3.70 Å². The summed E-state index contributed by atoms with van der Waals surface area (Å²) in [4.78, 5) is 24.5. The average Bonchev–Trinajstić information content (AvgIpc) is 2.31. The Bertz CT molecular complexity index is 549. The van der Waals surface area contributed by atoms with Crippen LogP contribution in [0.3, 0.4) is 0 Å². The van der Waals surface area contributed by atoms with Crippen LogP contribution >= 0.6 is 22.6 Å². The van der Waals surface area contributed by atoms with E-state index < -0.39 is 40.7 Å². The Balaban J connectivity index is 3.41. The van der Waals surface area contributed by atoms with Gasteiger partial charge in [-0.15, -0.1) is 13.2 Å². The molecule has 0 aromatic carbocycles. The Morgan fingerprint density at radius 3 is 2.60 bits per heavy atom. The molecular formula is C9H6F3IN2O5. The third kappa shape index (κ3) is 4.18. The van der Waals surface area contributed by atoms with Gasteiger partial charge in [-0.2, -0.15) is 0 Å². The van der Waals surface area contributed by atoms with Crippen LogP contribution in [0.25, 0.3) is 0 Å². The molecule has 1 aromatic heterocycles. The molecule has 0 aliphatic heterocycles. The number of hydrogen-bond donors (Lipinski definition) is 0. The van der Waals surface area contributed by atoms with Crippen molar-refractivity contribution >= 4 is 34.2 Å². The highest BCUT2D eigenvalue weighted by Gasteiger charge is 2.36. The molecule has 0 amide bonds. The number of carbonyl (C=O) groups excluding carboxylic acids is 1. The van der Waals surface area contributed by atoms with Gasteiger partial charge >= 0.3 is 12.3 Å². The first-order valence-electron chi connectivity index (χ1n) is 4.80. The molecule has 1 heterocycles. The fourth-order valence-corrected chi connectivity index (χ4v) is 1.83. The number of rotatable bonds is 4. The van der Waals surface area contributed by atoms with Gasteiger partial charge in [0.05, 0.1) is 24.0 Å². The van der Waals surface area contributed by atoms with E-state index in [4.69, 9.17) is 0 Å². The average molecular weight is 406 g/mol. The summed E-state index contributed by atoms with van der Waals surface area (Å²) < 4.78 is 44.7. The van der Waals surface area contributed by atoms with E-state index >= 15 is 0 Å². The van der Waals surface area contributed by atoms with Crippen LogP contribution < -0.4 is 4.74 Å². The van der Waals surface area contributed by atoms with Crippen LogP contribution in [0.15, 0.2) is 6.20 Å². The first-order chi connectivity index (χ1) is 9.15. The summed E-state index contributed by atoms with van der Waals surface area (Å²) in [6.07, 6.45) is -5.05. The summed E-state index contributed by atoms with van der Waals surface area (Å²) in [6.45, 7) is 0. The lowest BCUT2D eigenvalue weighted by Gasteiger charge is -2.13. The summed E-state index contributed by atoms with van der Waals surface area (Å²) >= 11 is 1.41. The minimum Gasteiger partial charge on any atom is -0.469 e. The molecule has 0 aliphatic carbocycles. The quantitative estimate of drug-likeness (QED) is 0.250. The number of ether oxygens (including phenoxy) is 2. The van der Waals surface area contributed by atoms with E-state index in [0.29, 0.717) is 0 Å². The van der Waals surface area contributed by atoms with Gasteiger partial charge in [-0.05, 0) is 22.6 Å². The zero-order chi connectivity index (χ0) is 15.5. The molecule has 11 heteroatoms. The first kappa shape index (κ1) is 16.4. The Morgan fingerprint density at radius 2 is 2.15 bits per heavy atom. The first-order valence-corrected chi connectivity index (χ1v) is 5.88. The number of alkyl halides is 3. The van der Waals surface area contributed by atoms with Crippen LogP contribution in [-0.2, 0) is 16.0 Å². The molecule has 0 fully saturated rings. The largest absolute Gasteiger partial charge is 0.573 e. The van der Waals surface area contributed by atoms with Gasteiger partial charge < -0.3 is 9.47 Å². The van der Waals surface area contributed by atoms with Crippen molar-refractivity contribution < 1.29 is 32.4 Å². The zero-order valence-corrected chi connectivity index (χ0v) is 11.9. The highest BCUT2D eigenvalue weighted by Crippen LogP contribution is 2.35. The molecule has 0 saturated carbocycles. The number of methoxy groups -OCH3 is 1. The third-order valence-corrected chi connectivity index (χ3v) is 2.80. The molecular weight excluding hydrogens is 400 g/mol. The van der Waals surface area contributed by atoms with Crippen molar-refractivity contribution in [2.45, 2.75) is 12.8 Å². The summed E-state index contributed by atoms with van der Waals surface area (Å²) in [5, 5.41) is 10.8. The minimum atomic E-state index is -5.07. The SMILES string of the molecule is COC(=O)Cc1c([N+](=O)[O-])cnc(I)c1OC(F)(F)F. The molecule has 0 unspecified atom stereocenters. The lowest BCUT2D eigenvalue weighted by atomic mass is 10.1. The normalized spacial score (nSPS) is 11.1. The molecule has 0 aliphatic rings. The number of nitro groups is 1. The van der Waals surface area contributed by atoms with E-state index in [1.807, 2.05) is 0 Å². The van der Waals surface area contributed by atoms with Crippen molar-refractivity contribution in [2.75, 3.05) is 7.11 Å². The van der Waals surface area contributed by atoms with E-state index in [1.54, 1.807) is 0 Å². The van der Waals surface area contributed by atoms with Crippen LogP contribution in [0.2, 0.25) is 0 Å². The maximum absolute atomic E-state index is 12.3. The monoisotopic (exact) mass is 406 g/mol. The van der Waals surface area contributed by atoms with Crippen molar-refractivity contribution in [1.29, 1.82) is 0 Å². The van der Waals surface area contributed by atoms with Crippen molar-refractivity contribution in [2.24, 2.45) is 0 Å². The van der Waals surface area contributed by atoms with Gasteiger partial charge in [-0.25, -0.2) is 4.98 Å². The summed E-state index contributed by atoms with van der Waals surface area (Å²) in [5.41, 5.74) is -1.30. The molecule has 20 heavy (non-hydrogen) atoms. The van der Waals surface area contributed by atoms with E-state index in [1.165, 1.54) is 22.6 Å². The van der Waals surface area contributed by atoms with Gasteiger partial charge in [0.25, 0.3) is 5.69 Å². The Hall–Kier alpha value is -1.66. The van der Waals surface area contributed by atoms with Crippen LogP contribution in [0.4, 0.5) is 18.9 Å². The predicted octanol–water partition coefficient (Wildman–Crippen LogP) is 2.21. The predicted molar refractivity (Wildman–Crippen MR) is 66.0 cm³/mol. The van der Waals surface area contributed by atoms with Crippen molar-refractivity contribution in [3.05, 3.63) is 25.6 Å². The number of pyridine rings is 1. The lowest BCUT2D eigenvalue weighted by molar-refractivity contribution is -0.386. The van der Waals surface area contributed by atoms with Crippen molar-refractivity contribution in [3.8, 4) is 5.75 Å². The highest BCUT2D eigenvalue weighted by molar-refractivity contribution is 14.1. The number of esters is 1. The molecule has 0 atom stereocenters. The van der Waals surface area contributed by atoms with Crippen molar-refractivity contribution in [1.82, 2.24) is 4.98 Å². The van der Waals surface area contributed by atoms with Gasteiger partial charge in [-0.3, -0.25) is 14.9 Å². The number of carbonyl (C=O) groups is 1. The zero-order valence-electron chi connectivity index (χ0n) is 9.73. The van der Waals surface area contributed by atoms with Crippen molar-refractivity contribution in [3.63, 3.8) is 0 Å². The van der Waals surface area contributed by atoms with Gasteiger partial charge in [0.1, 0.15) is 9.90 Å². The molecule has 7 nitrogen and oxygen atoms in total. The Labute approximate surface area is 123 Å². The second-order valence-corrected chi connectivity index (χ2v) is 4.32. The number of aromatic nitrogens is 1. The minimum absolute atomic E-state index is 0.260. The number of hydrogen-bond acceptors (Lipinski definition) is 6. The molecule has 0 N–H and O–H groups in total. The molecule has 0 saturated heterocycles. The number of nitrogens with zero attached hydrogens (tertiary/aromatic N) is 2. The summed E-state index contributed by atoms with van der Waals surface area (Å²) in [7, 11) is 1.00. The van der Waals surface area contributed by atoms with Crippen LogP contribution in [0, 0.1) is 13.8 Å². The highest BCUT2D eigenvalue weighted by atomic mass is 127. The maximum Gasteiger partial charge on any atom is 0.573 e. The fourth-order valence-electron chi connectivity index (χ4n) is 1.26. The smallest absolute Gasteiger partial charge is 0.469 e. The van der Waals surface area contributed by atoms with E-state index in [9.17, 15) is 28.1 Å².